The van der Waals surface area contributed by atoms with Crippen LogP contribution in [0.2, 0.25) is 0 Å². The monoisotopic (exact) mass is 327 g/mol. The van der Waals surface area contributed by atoms with E-state index in [1.54, 1.807) is 0 Å². The summed E-state index contributed by atoms with van der Waals surface area (Å²) in [5.74, 6) is 0. The van der Waals surface area contributed by atoms with Crippen LogP contribution in [0.3, 0.4) is 0 Å². The van der Waals surface area contributed by atoms with Crippen molar-refractivity contribution < 1.29 is 13.3 Å². The Bertz CT molecular complexity index is 764. The number of thiazole rings is 1. The molecular formula is C12H13N3O4S2. The maximum atomic E-state index is 12.1. The number of nitro groups is 1. The first-order valence-electron chi connectivity index (χ1n) is 5.96. The Labute approximate surface area is 125 Å². The summed E-state index contributed by atoms with van der Waals surface area (Å²) >= 11 is 1.41. The topological polar surface area (TPSA) is 102 Å². The highest BCUT2D eigenvalue weighted by Gasteiger charge is 2.18. The number of rotatable bonds is 5. The normalized spacial score (nSPS) is 11.5. The fourth-order valence-electron chi connectivity index (χ4n) is 1.62. The highest BCUT2D eigenvalue weighted by atomic mass is 32.2. The van der Waals surface area contributed by atoms with Gasteiger partial charge in [0, 0.05) is 17.0 Å². The van der Waals surface area contributed by atoms with Gasteiger partial charge in [0.25, 0.3) is 5.69 Å². The molecule has 0 saturated heterocycles. The maximum Gasteiger partial charge on any atom is 0.270 e. The fraction of sp³-hybridized carbons (Fsp3) is 0.250. The zero-order chi connectivity index (χ0) is 15.6. The summed E-state index contributed by atoms with van der Waals surface area (Å²) in [4.78, 5) is 15.2. The Balaban J connectivity index is 2.18. The molecule has 0 unspecified atom stereocenters. The molecule has 1 aromatic heterocycles. The van der Waals surface area contributed by atoms with Gasteiger partial charge in [-0.1, -0.05) is 6.07 Å². The van der Waals surface area contributed by atoms with E-state index in [0.717, 1.165) is 16.6 Å². The Kier molecular flexibility index (Phi) is 4.35. The van der Waals surface area contributed by atoms with Crippen LogP contribution >= 0.6 is 11.3 Å². The average Bonchev–Trinajstić information content (AvgIpc) is 2.76. The Hall–Kier alpha value is -1.84. The minimum absolute atomic E-state index is 0.0599. The van der Waals surface area contributed by atoms with E-state index < -0.39 is 14.9 Å². The van der Waals surface area contributed by atoms with Gasteiger partial charge in [0.1, 0.15) is 5.01 Å². The van der Waals surface area contributed by atoms with Crippen LogP contribution in [0.4, 0.5) is 5.69 Å². The van der Waals surface area contributed by atoms with Gasteiger partial charge in [0.2, 0.25) is 10.0 Å². The molecule has 2 aromatic rings. The predicted molar refractivity (Wildman–Crippen MR) is 78.7 cm³/mol. The van der Waals surface area contributed by atoms with Crippen LogP contribution in [0, 0.1) is 24.0 Å². The van der Waals surface area contributed by atoms with Crippen molar-refractivity contribution in [1.82, 2.24) is 9.71 Å². The smallest absolute Gasteiger partial charge is 0.258 e. The van der Waals surface area contributed by atoms with Crippen LogP contribution in [0.15, 0.2) is 29.2 Å². The third kappa shape index (κ3) is 3.63. The van der Waals surface area contributed by atoms with Crippen LogP contribution in [0.25, 0.3) is 0 Å². The highest BCUT2D eigenvalue weighted by molar-refractivity contribution is 7.89. The summed E-state index contributed by atoms with van der Waals surface area (Å²) in [6.07, 6.45) is 0. The van der Waals surface area contributed by atoms with Crippen LogP contribution in [0.5, 0.6) is 0 Å². The molecule has 0 aliphatic heterocycles. The molecule has 1 aromatic carbocycles. The van der Waals surface area contributed by atoms with E-state index in [-0.39, 0.29) is 17.1 Å². The molecule has 9 heteroatoms. The maximum absolute atomic E-state index is 12.1. The second kappa shape index (κ2) is 5.88. The largest absolute Gasteiger partial charge is 0.270 e. The van der Waals surface area contributed by atoms with Crippen molar-refractivity contribution in [2.75, 3.05) is 0 Å². The molecule has 1 heterocycles. The SMILES string of the molecule is Cc1nc(CNS(=O)(=O)c2cccc([N+](=O)[O-])c2)sc1C. The predicted octanol–water partition coefficient (Wildman–Crippen LogP) is 2.15. The fourth-order valence-corrected chi connectivity index (χ4v) is 3.61. The van der Waals surface area contributed by atoms with Crippen LogP contribution in [0.1, 0.15) is 15.6 Å². The average molecular weight is 327 g/mol. The molecule has 0 radical (unpaired) electrons. The van der Waals surface area contributed by atoms with Gasteiger partial charge in [-0.3, -0.25) is 10.1 Å². The first kappa shape index (κ1) is 15.5. The Morgan fingerprint density at radius 1 is 1.38 bits per heavy atom. The molecule has 0 aliphatic carbocycles. The molecule has 1 N–H and O–H groups in total. The second-order valence-electron chi connectivity index (χ2n) is 4.33. The quantitative estimate of drug-likeness (QED) is 0.669. The van der Waals surface area contributed by atoms with Crippen LogP contribution in [-0.2, 0) is 16.6 Å². The molecule has 0 aliphatic rings. The van der Waals surface area contributed by atoms with E-state index in [9.17, 15) is 18.5 Å². The number of hydrogen-bond donors (Lipinski definition) is 1. The lowest BCUT2D eigenvalue weighted by atomic mass is 10.3. The molecule has 0 saturated carbocycles. The van der Waals surface area contributed by atoms with E-state index in [1.807, 2.05) is 13.8 Å². The van der Waals surface area contributed by atoms with Crippen LogP contribution in [-0.4, -0.2) is 18.3 Å². The lowest BCUT2D eigenvalue weighted by molar-refractivity contribution is -0.385. The van der Waals surface area contributed by atoms with Crippen LogP contribution < -0.4 is 4.72 Å². The summed E-state index contributed by atoms with van der Waals surface area (Å²) < 4.78 is 26.6. The molecular weight excluding hydrogens is 314 g/mol. The van der Waals surface area contributed by atoms with Crippen molar-refractivity contribution in [3.63, 3.8) is 0 Å². The molecule has 0 fully saturated rings. The van der Waals surface area contributed by atoms with Crippen molar-refractivity contribution in [3.05, 3.63) is 50.0 Å². The highest BCUT2D eigenvalue weighted by Crippen LogP contribution is 2.19. The number of aryl methyl sites for hydroxylation is 2. The van der Waals surface area contributed by atoms with E-state index in [1.165, 1.54) is 29.5 Å². The minimum atomic E-state index is -3.81. The third-order valence-electron chi connectivity index (χ3n) is 2.82. The lowest BCUT2D eigenvalue weighted by Crippen LogP contribution is -2.23. The number of benzene rings is 1. The Morgan fingerprint density at radius 2 is 2.10 bits per heavy atom. The van der Waals surface area contributed by atoms with Gasteiger partial charge >= 0.3 is 0 Å². The van der Waals surface area contributed by atoms with Crippen molar-refractivity contribution >= 4 is 27.0 Å². The zero-order valence-electron chi connectivity index (χ0n) is 11.4. The van der Waals surface area contributed by atoms with Gasteiger partial charge in [-0.15, -0.1) is 11.3 Å². The third-order valence-corrected chi connectivity index (χ3v) is 5.30. The number of hydrogen-bond acceptors (Lipinski definition) is 6. The first-order chi connectivity index (χ1) is 9.79. The van der Waals surface area contributed by atoms with Gasteiger partial charge in [0.15, 0.2) is 0 Å². The molecule has 112 valence electrons. The summed E-state index contributed by atoms with van der Waals surface area (Å²) in [7, 11) is -3.81. The summed E-state index contributed by atoms with van der Waals surface area (Å²) in [5, 5.41) is 11.3. The number of aromatic nitrogens is 1. The molecule has 21 heavy (non-hydrogen) atoms. The van der Waals surface area contributed by atoms with E-state index in [2.05, 4.69) is 9.71 Å². The van der Waals surface area contributed by atoms with Gasteiger partial charge in [-0.2, -0.15) is 0 Å². The standard InChI is InChI=1S/C12H13N3O4S2/c1-8-9(2)20-12(14-8)7-13-21(18,19)11-5-3-4-10(6-11)15(16)17/h3-6,13H,7H2,1-2H3. The summed E-state index contributed by atoms with van der Waals surface area (Å²) in [5.41, 5.74) is 0.600. The number of nitrogens with one attached hydrogen (secondary N) is 1. The molecule has 7 nitrogen and oxygen atoms in total. The van der Waals surface area contributed by atoms with Gasteiger partial charge in [0.05, 0.1) is 22.1 Å². The number of non-ortho nitro benzene ring substituents is 1. The number of sulfonamides is 1. The lowest BCUT2D eigenvalue weighted by Gasteiger charge is -2.04. The number of nitro benzene ring substituents is 1. The van der Waals surface area contributed by atoms with Gasteiger partial charge < -0.3 is 0 Å². The summed E-state index contributed by atoms with van der Waals surface area (Å²) in [6.45, 7) is 3.82. The van der Waals surface area contributed by atoms with Crippen molar-refractivity contribution in [3.8, 4) is 0 Å². The Morgan fingerprint density at radius 3 is 2.67 bits per heavy atom. The molecule has 0 bridgehead atoms. The second-order valence-corrected chi connectivity index (χ2v) is 7.38. The molecule has 0 amide bonds. The van der Waals surface area contributed by atoms with Crippen molar-refractivity contribution in [2.24, 2.45) is 0 Å². The first-order valence-corrected chi connectivity index (χ1v) is 8.26. The summed E-state index contributed by atoms with van der Waals surface area (Å²) in [6, 6.07) is 4.92. The van der Waals surface area contributed by atoms with Gasteiger partial charge in [-0.25, -0.2) is 18.1 Å². The van der Waals surface area contributed by atoms with E-state index >= 15 is 0 Å². The van der Waals surface area contributed by atoms with E-state index in [4.69, 9.17) is 0 Å². The molecule has 0 atom stereocenters. The zero-order valence-corrected chi connectivity index (χ0v) is 13.0. The minimum Gasteiger partial charge on any atom is -0.258 e. The van der Waals surface area contributed by atoms with Crippen molar-refractivity contribution in [1.29, 1.82) is 0 Å². The van der Waals surface area contributed by atoms with Crippen molar-refractivity contribution in [2.45, 2.75) is 25.3 Å². The van der Waals surface area contributed by atoms with E-state index in [0.29, 0.717) is 5.01 Å². The van der Waals surface area contributed by atoms with Gasteiger partial charge in [-0.05, 0) is 19.9 Å². The molecule has 2 rings (SSSR count). The molecule has 0 spiro atoms. The number of nitrogens with zero attached hydrogens (tertiary/aromatic N) is 2.